The topological polar surface area (TPSA) is 37.6 Å². The molecule has 0 atom stereocenters. The van der Waals surface area contributed by atoms with E-state index in [1.165, 1.54) is 25.7 Å². The number of fused-ring (bicyclic) bond motifs is 1. The van der Waals surface area contributed by atoms with Crippen molar-refractivity contribution in [3.05, 3.63) is 47.6 Å². The van der Waals surface area contributed by atoms with Gasteiger partial charge in [0.25, 0.3) is 0 Å². The van der Waals surface area contributed by atoms with Crippen LogP contribution in [0, 0.1) is 0 Å². The number of rotatable bonds is 4. The van der Waals surface area contributed by atoms with Crippen LogP contribution in [0.3, 0.4) is 0 Å². The van der Waals surface area contributed by atoms with Gasteiger partial charge in [0, 0.05) is 35.9 Å². The molecule has 0 spiro atoms. The van der Waals surface area contributed by atoms with Crippen molar-refractivity contribution in [3.8, 4) is 11.3 Å². The molecule has 4 nitrogen and oxygen atoms in total. The van der Waals surface area contributed by atoms with Crippen LogP contribution in [0.1, 0.15) is 44.2 Å². The summed E-state index contributed by atoms with van der Waals surface area (Å²) in [5, 5.41) is 2.07. The van der Waals surface area contributed by atoms with E-state index in [0.29, 0.717) is 12.5 Å². The number of hydrogen-bond acceptors (Lipinski definition) is 3. The Balaban J connectivity index is 1.51. The van der Waals surface area contributed by atoms with Gasteiger partial charge in [-0.1, -0.05) is 56.0 Å². The van der Waals surface area contributed by atoms with Gasteiger partial charge in [0.15, 0.2) is 4.96 Å². The van der Waals surface area contributed by atoms with Crippen molar-refractivity contribution in [3.63, 3.8) is 0 Å². The van der Waals surface area contributed by atoms with E-state index < -0.39 is 0 Å². The average Bonchev–Trinajstić information content (AvgIpc) is 3.13. The van der Waals surface area contributed by atoms with E-state index in [-0.39, 0.29) is 5.91 Å². The SMILES string of the molecule is CN(C(=O)Cc1csc2nc(-c3ccccc3)cn12)C1CCCCCC1. The molecule has 1 aromatic carbocycles. The molecule has 5 heteroatoms. The van der Waals surface area contributed by atoms with E-state index in [2.05, 4.69) is 28.1 Å². The minimum Gasteiger partial charge on any atom is -0.342 e. The molecule has 1 aliphatic carbocycles. The molecule has 2 heterocycles. The highest BCUT2D eigenvalue weighted by atomic mass is 32.1. The number of hydrogen-bond donors (Lipinski definition) is 0. The normalized spacial score (nSPS) is 15.9. The lowest BCUT2D eigenvalue weighted by molar-refractivity contribution is -0.131. The third kappa shape index (κ3) is 3.54. The van der Waals surface area contributed by atoms with E-state index in [4.69, 9.17) is 4.98 Å². The van der Waals surface area contributed by atoms with Gasteiger partial charge in [-0.15, -0.1) is 11.3 Å². The first-order valence-corrected chi connectivity index (χ1v) is 10.4. The molecular weight excluding hydrogens is 342 g/mol. The molecule has 2 aromatic heterocycles. The molecule has 0 aliphatic heterocycles. The van der Waals surface area contributed by atoms with Crippen LogP contribution >= 0.6 is 11.3 Å². The van der Waals surface area contributed by atoms with Gasteiger partial charge in [-0.05, 0) is 12.8 Å². The van der Waals surface area contributed by atoms with Crippen LogP contribution in [0.4, 0.5) is 0 Å². The Morgan fingerprint density at radius 3 is 2.65 bits per heavy atom. The number of thiazole rings is 1. The largest absolute Gasteiger partial charge is 0.342 e. The molecule has 0 N–H and O–H groups in total. The maximum atomic E-state index is 12.8. The lowest BCUT2D eigenvalue weighted by atomic mass is 10.1. The minimum absolute atomic E-state index is 0.214. The van der Waals surface area contributed by atoms with Crippen molar-refractivity contribution in [2.24, 2.45) is 0 Å². The van der Waals surface area contributed by atoms with Gasteiger partial charge in [0.1, 0.15) is 0 Å². The number of amides is 1. The molecular formula is C21H25N3OS. The third-order valence-corrected chi connectivity index (χ3v) is 6.34. The van der Waals surface area contributed by atoms with Crippen LogP contribution in [0.25, 0.3) is 16.2 Å². The van der Waals surface area contributed by atoms with Crippen molar-refractivity contribution >= 4 is 22.2 Å². The van der Waals surface area contributed by atoms with Gasteiger partial charge in [-0.2, -0.15) is 0 Å². The summed E-state index contributed by atoms with van der Waals surface area (Å²) < 4.78 is 2.08. The standard InChI is InChI=1S/C21H25N3OS/c1-23(17-11-7-2-3-8-12-17)20(25)13-18-15-26-21-22-19(14-24(18)21)16-9-5-4-6-10-16/h4-6,9-10,14-15,17H,2-3,7-8,11-13H2,1H3. The molecule has 4 rings (SSSR count). The molecule has 0 unspecified atom stereocenters. The molecule has 1 fully saturated rings. The van der Waals surface area contributed by atoms with Gasteiger partial charge in [0.05, 0.1) is 12.1 Å². The number of likely N-dealkylation sites (N-methyl/N-ethyl adjacent to an activating group) is 1. The van der Waals surface area contributed by atoms with E-state index in [0.717, 1.165) is 34.8 Å². The van der Waals surface area contributed by atoms with E-state index in [9.17, 15) is 4.79 Å². The van der Waals surface area contributed by atoms with Crippen LogP contribution in [-0.2, 0) is 11.2 Å². The molecule has 0 saturated heterocycles. The predicted molar refractivity (Wildman–Crippen MR) is 106 cm³/mol. The van der Waals surface area contributed by atoms with Gasteiger partial charge in [-0.3, -0.25) is 9.20 Å². The second-order valence-corrected chi connectivity index (χ2v) is 8.04. The highest BCUT2D eigenvalue weighted by molar-refractivity contribution is 7.15. The summed E-state index contributed by atoms with van der Waals surface area (Å²) in [5.74, 6) is 0.214. The Labute approximate surface area is 158 Å². The van der Waals surface area contributed by atoms with E-state index >= 15 is 0 Å². The highest BCUT2D eigenvalue weighted by Gasteiger charge is 2.22. The summed E-state index contributed by atoms with van der Waals surface area (Å²) in [7, 11) is 1.98. The first-order valence-electron chi connectivity index (χ1n) is 9.49. The Kier molecular flexibility index (Phi) is 5.07. The summed E-state index contributed by atoms with van der Waals surface area (Å²) in [4.78, 5) is 20.5. The van der Waals surface area contributed by atoms with Gasteiger partial charge in [-0.25, -0.2) is 4.98 Å². The summed E-state index contributed by atoms with van der Waals surface area (Å²) in [5.41, 5.74) is 3.10. The second-order valence-electron chi connectivity index (χ2n) is 7.20. The fourth-order valence-corrected chi connectivity index (χ4v) is 4.71. The average molecular weight is 368 g/mol. The Hall–Kier alpha value is -2.14. The summed E-state index contributed by atoms with van der Waals surface area (Å²) in [6.07, 6.45) is 9.88. The number of aromatic nitrogens is 2. The summed E-state index contributed by atoms with van der Waals surface area (Å²) >= 11 is 1.60. The Bertz CT molecular complexity index is 875. The molecule has 0 radical (unpaired) electrons. The zero-order valence-electron chi connectivity index (χ0n) is 15.2. The first kappa shape index (κ1) is 17.3. The highest BCUT2D eigenvalue weighted by Crippen LogP contribution is 2.25. The quantitative estimate of drug-likeness (QED) is 0.622. The summed E-state index contributed by atoms with van der Waals surface area (Å²) in [6.45, 7) is 0. The molecule has 0 bridgehead atoms. The fraction of sp³-hybridized carbons (Fsp3) is 0.429. The molecule has 136 valence electrons. The molecule has 26 heavy (non-hydrogen) atoms. The lowest BCUT2D eigenvalue weighted by Gasteiger charge is -2.27. The molecule has 1 saturated carbocycles. The van der Waals surface area contributed by atoms with Crippen molar-refractivity contribution in [2.45, 2.75) is 51.0 Å². The molecule has 1 amide bonds. The van der Waals surface area contributed by atoms with Crippen molar-refractivity contribution in [1.82, 2.24) is 14.3 Å². The predicted octanol–water partition coefficient (Wildman–Crippen LogP) is 4.79. The van der Waals surface area contributed by atoms with Crippen LogP contribution in [0.15, 0.2) is 41.9 Å². The number of benzene rings is 1. The van der Waals surface area contributed by atoms with Gasteiger partial charge in [0.2, 0.25) is 5.91 Å². The van der Waals surface area contributed by atoms with Crippen molar-refractivity contribution in [1.29, 1.82) is 0 Å². The second kappa shape index (κ2) is 7.62. The Morgan fingerprint density at radius 2 is 1.92 bits per heavy atom. The lowest BCUT2D eigenvalue weighted by Crippen LogP contribution is -2.37. The van der Waals surface area contributed by atoms with E-state index in [1.807, 2.05) is 30.1 Å². The van der Waals surface area contributed by atoms with Crippen LogP contribution < -0.4 is 0 Å². The maximum absolute atomic E-state index is 12.8. The first-order chi connectivity index (χ1) is 12.7. The molecule has 3 aromatic rings. The zero-order valence-corrected chi connectivity index (χ0v) is 16.0. The molecule has 1 aliphatic rings. The number of imidazole rings is 1. The zero-order chi connectivity index (χ0) is 17.9. The number of nitrogens with zero attached hydrogens (tertiary/aromatic N) is 3. The maximum Gasteiger partial charge on any atom is 0.228 e. The Morgan fingerprint density at radius 1 is 1.19 bits per heavy atom. The van der Waals surface area contributed by atoms with E-state index in [1.54, 1.807) is 11.3 Å². The van der Waals surface area contributed by atoms with Crippen LogP contribution in [0.5, 0.6) is 0 Å². The smallest absolute Gasteiger partial charge is 0.228 e. The minimum atomic E-state index is 0.214. The van der Waals surface area contributed by atoms with Gasteiger partial charge >= 0.3 is 0 Å². The third-order valence-electron chi connectivity index (χ3n) is 5.45. The number of carbonyl (C=O) groups excluding carboxylic acids is 1. The fourth-order valence-electron chi connectivity index (χ4n) is 3.83. The summed E-state index contributed by atoms with van der Waals surface area (Å²) in [6, 6.07) is 10.6. The van der Waals surface area contributed by atoms with Crippen molar-refractivity contribution < 1.29 is 4.79 Å². The van der Waals surface area contributed by atoms with Crippen LogP contribution in [0.2, 0.25) is 0 Å². The van der Waals surface area contributed by atoms with Gasteiger partial charge < -0.3 is 4.90 Å². The van der Waals surface area contributed by atoms with Crippen LogP contribution in [-0.4, -0.2) is 33.3 Å². The number of carbonyl (C=O) groups is 1. The monoisotopic (exact) mass is 367 g/mol. The van der Waals surface area contributed by atoms with Crippen molar-refractivity contribution in [2.75, 3.05) is 7.05 Å².